The number of nitrogens with one attached hydrogen (secondary N) is 1. The summed E-state index contributed by atoms with van der Waals surface area (Å²) in [6.07, 6.45) is 4.55. The van der Waals surface area contributed by atoms with Crippen molar-refractivity contribution in [2.75, 3.05) is 19.6 Å². The second-order valence-electron chi connectivity index (χ2n) is 8.67. The topological polar surface area (TPSA) is 35.6 Å². The second-order valence-corrected chi connectivity index (χ2v) is 8.67. The third-order valence-corrected chi connectivity index (χ3v) is 6.33. The minimum atomic E-state index is 0.106. The van der Waals surface area contributed by atoms with Crippen molar-refractivity contribution in [3.05, 3.63) is 71.8 Å². The SMILES string of the molecule is CC(c1ccccc1)N(CC1CC1)C(=O)NC1CCN(Cc2ccccc2)CC1. The first-order valence-electron chi connectivity index (χ1n) is 11.1. The summed E-state index contributed by atoms with van der Waals surface area (Å²) >= 11 is 0. The van der Waals surface area contributed by atoms with Crippen LogP contribution >= 0.6 is 0 Å². The van der Waals surface area contributed by atoms with Crippen LogP contribution in [0.1, 0.15) is 49.8 Å². The number of piperidine rings is 1. The first kappa shape index (κ1) is 20.0. The van der Waals surface area contributed by atoms with Gasteiger partial charge in [0.15, 0.2) is 0 Å². The fraction of sp³-hybridized carbons (Fsp3) is 0.480. The average molecular weight is 392 g/mol. The molecule has 1 aliphatic heterocycles. The van der Waals surface area contributed by atoms with E-state index in [0.717, 1.165) is 39.0 Å². The molecule has 2 aromatic rings. The van der Waals surface area contributed by atoms with Gasteiger partial charge in [-0.15, -0.1) is 0 Å². The van der Waals surface area contributed by atoms with E-state index in [1.165, 1.54) is 24.0 Å². The largest absolute Gasteiger partial charge is 0.335 e. The van der Waals surface area contributed by atoms with Gasteiger partial charge in [0.1, 0.15) is 0 Å². The maximum Gasteiger partial charge on any atom is 0.318 e. The van der Waals surface area contributed by atoms with E-state index in [4.69, 9.17) is 0 Å². The predicted octanol–water partition coefficient (Wildman–Crippen LogP) is 4.83. The average Bonchev–Trinajstić information content (AvgIpc) is 3.58. The van der Waals surface area contributed by atoms with Crippen molar-refractivity contribution < 1.29 is 4.79 Å². The van der Waals surface area contributed by atoms with Gasteiger partial charge in [0, 0.05) is 32.2 Å². The van der Waals surface area contributed by atoms with Crippen molar-refractivity contribution in [1.29, 1.82) is 0 Å². The second kappa shape index (κ2) is 9.45. The highest BCUT2D eigenvalue weighted by Crippen LogP contribution is 2.33. The molecule has 2 fully saturated rings. The van der Waals surface area contributed by atoms with Crippen molar-refractivity contribution in [1.82, 2.24) is 15.1 Å². The van der Waals surface area contributed by atoms with Gasteiger partial charge >= 0.3 is 6.03 Å². The maximum absolute atomic E-state index is 13.2. The van der Waals surface area contributed by atoms with Gasteiger partial charge in [0.2, 0.25) is 0 Å². The molecule has 1 saturated carbocycles. The number of rotatable bonds is 7. The van der Waals surface area contributed by atoms with Gasteiger partial charge in [-0.2, -0.15) is 0 Å². The zero-order valence-corrected chi connectivity index (χ0v) is 17.5. The Morgan fingerprint density at radius 1 is 1.00 bits per heavy atom. The lowest BCUT2D eigenvalue weighted by Crippen LogP contribution is -2.50. The van der Waals surface area contributed by atoms with Crippen LogP contribution in [0.15, 0.2) is 60.7 Å². The Balaban J connectivity index is 1.31. The molecule has 2 aromatic carbocycles. The summed E-state index contributed by atoms with van der Waals surface area (Å²) in [6.45, 7) is 6.10. The molecule has 1 atom stereocenters. The van der Waals surface area contributed by atoms with Crippen LogP contribution in [0.5, 0.6) is 0 Å². The maximum atomic E-state index is 13.2. The molecule has 0 aromatic heterocycles. The molecule has 0 radical (unpaired) electrons. The van der Waals surface area contributed by atoms with Crippen LogP contribution in [0.3, 0.4) is 0 Å². The normalized spacial score (nSPS) is 18.9. The summed E-state index contributed by atoms with van der Waals surface area (Å²) < 4.78 is 0. The van der Waals surface area contributed by atoms with Crippen LogP contribution < -0.4 is 5.32 Å². The molecule has 1 heterocycles. The first-order valence-corrected chi connectivity index (χ1v) is 11.1. The molecule has 1 unspecified atom stereocenters. The molecule has 2 aliphatic rings. The fourth-order valence-electron chi connectivity index (χ4n) is 4.24. The number of nitrogens with zero attached hydrogens (tertiary/aromatic N) is 2. The van der Waals surface area contributed by atoms with Crippen LogP contribution in [0.25, 0.3) is 0 Å². The van der Waals surface area contributed by atoms with Gasteiger partial charge in [0.05, 0.1) is 6.04 Å². The van der Waals surface area contributed by atoms with Crippen molar-refractivity contribution in [3.63, 3.8) is 0 Å². The van der Waals surface area contributed by atoms with Crippen LogP contribution in [0, 0.1) is 5.92 Å². The van der Waals surface area contributed by atoms with Gasteiger partial charge in [-0.05, 0) is 49.7 Å². The number of hydrogen-bond acceptors (Lipinski definition) is 2. The molecule has 4 heteroatoms. The zero-order valence-electron chi connectivity index (χ0n) is 17.5. The van der Waals surface area contributed by atoms with Crippen LogP contribution in [0.4, 0.5) is 4.79 Å². The number of benzene rings is 2. The number of hydrogen-bond donors (Lipinski definition) is 1. The fourth-order valence-corrected chi connectivity index (χ4v) is 4.24. The third kappa shape index (κ3) is 5.60. The van der Waals surface area contributed by atoms with E-state index in [9.17, 15) is 4.79 Å². The Morgan fingerprint density at radius 2 is 1.62 bits per heavy atom. The van der Waals surface area contributed by atoms with Gasteiger partial charge in [-0.25, -0.2) is 4.79 Å². The Hall–Kier alpha value is -2.33. The summed E-state index contributed by atoms with van der Waals surface area (Å²) in [5.41, 5.74) is 2.57. The molecule has 4 rings (SSSR count). The summed E-state index contributed by atoms with van der Waals surface area (Å²) in [5, 5.41) is 3.35. The molecule has 1 aliphatic carbocycles. The summed E-state index contributed by atoms with van der Waals surface area (Å²) in [4.78, 5) is 17.7. The number of likely N-dealkylation sites (tertiary alicyclic amines) is 1. The smallest absolute Gasteiger partial charge is 0.318 e. The highest BCUT2D eigenvalue weighted by atomic mass is 16.2. The van der Waals surface area contributed by atoms with Gasteiger partial charge in [-0.1, -0.05) is 60.7 Å². The summed E-state index contributed by atoms with van der Waals surface area (Å²) in [5.74, 6) is 0.680. The standard InChI is InChI=1S/C25H33N3O/c1-20(23-10-6-3-7-11-23)28(19-22-12-13-22)25(29)26-24-14-16-27(17-15-24)18-21-8-4-2-5-9-21/h2-11,20,22,24H,12-19H2,1H3,(H,26,29). The number of urea groups is 1. The Morgan fingerprint density at radius 3 is 2.24 bits per heavy atom. The van der Waals surface area contributed by atoms with Crippen molar-refractivity contribution in [3.8, 4) is 0 Å². The molecule has 0 bridgehead atoms. The molecule has 154 valence electrons. The van der Waals surface area contributed by atoms with Gasteiger partial charge in [0.25, 0.3) is 0 Å². The first-order chi connectivity index (χ1) is 14.2. The Labute approximate surface area is 174 Å². The number of carbonyl (C=O) groups excluding carboxylic acids is 1. The quantitative estimate of drug-likeness (QED) is 0.733. The zero-order chi connectivity index (χ0) is 20.1. The van der Waals surface area contributed by atoms with Crippen molar-refractivity contribution in [2.24, 2.45) is 5.92 Å². The van der Waals surface area contributed by atoms with Crippen molar-refractivity contribution in [2.45, 2.75) is 51.2 Å². The number of carbonyl (C=O) groups is 1. The van der Waals surface area contributed by atoms with Crippen molar-refractivity contribution >= 4 is 6.03 Å². The Bertz CT molecular complexity index is 767. The molecule has 1 N–H and O–H groups in total. The van der Waals surface area contributed by atoms with Crippen LogP contribution in [-0.4, -0.2) is 41.5 Å². The van der Waals surface area contributed by atoms with E-state index >= 15 is 0 Å². The monoisotopic (exact) mass is 391 g/mol. The summed E-state index contributed by atoms with van der Waals surface area (Å²) in [6, 6.07) is 21.5. The lowest BCUT2D eigenvalue weighted by Gasteiger charge is -2.35. The van der Waals surface area contributed by atoms with E-state index < -0.39 is 0 Å². The van der Waals surface area contributed by atoms with Gasteiger partial charge in [-0.3, -0.25) is 4.90 Å². The minimum Gasteiger partial charge on any atom is -0.335 e. The lowest BCUT2D eigenvalue weighted by atomic mass is 10.0. The molecular formula is C25H33N3O. The van der Waals surface area contributed by atoms with Crippen LogP contribution in [0.2, 0.25) is 0 Å². The summed E-state index contributed by atoms with van der Waals surface area (Å²) in [7, 11) is 0. The minimum absolute atomic E-state index is 0.106. The van der Waals surface area contributed by atoms with E-state index in [-0.39, 0.29) is 18.1 Å². The molecular weight excluding hydrogens is 358 g/mol. The highest BCUT2D eigenvalue weighted by Gasteiger charge is 2.31. The van der Waals surface area contributed by atoms with E-state index in [1.807, 2.05) is 6.07 Å². The highest BCUT2D eigenvalue weighted by molar-refractivity contribution is 5.75. The predicted molar refractivity (Wildman–Crippen MR) is 118 cm³/mol. The number of amides is 2. The van der Waals surface area contributed by atoms with E-state index in [1.54, 1.807) is 0 Å². The van der Waals surface area contributed by atoms with E-state index in [0.29, 0.717) is 5.92 Å². The molecule has 1 saturated heterocycles. The Kier molecular flexibility index (Phi) is 6.50. The van der Waals surface area contributed by atoms with Gasteiger partial charge < -0.3 is 10.2 Å². The molecule has 4 nitrogen and oxygen atoms in total. The third-order valence-electron chi connectivity index (χ3n) is 6.33. The van der Waals surface area contributed by atoms with E-state index in [2.05, 4.69) is 76.6 Å². The molecule has 29 heavy (non-hydrogen) atoms. The van der Waals surface area contributed by atoms with Crippen LogP contribution in [-0.2, 0) is 6.54 Å². The molecule has 0 spiro atoms. The molecule has 2 amide bonds. The lowest BCUT2D eigenvalue weighted by molar-refractivity contribution is 0.155.